The third-order valence-electron chi connectivity index (χ3n) is 6.28. The lowest BCUT2D eigenvalue weighted by Crippen LogP contribution is -2.47. The van der Waals surface area contributed by atoms with Crippen molar-refractivity contribution < 1.29 is 28.5 Å². The maximum absolute atomic E-state index is 12.8. The van der Waals surface area contributed by atoms with Crippen LogP contribution in [-0.2, 0) is 9.59 Å². The number of hydrogen-bond acceptors (Lipinski definition) is 7. The molecule has 1 fully saturated rings. The SMILES string of the molecule is C[C@H](C(=O)Nc1ccc2c(c1)OCCO2)N1CCC(C(=O)Nc2ccc3c(c2)OCO3)CC1. The Bertz CT molecular complexity index is 1050. The number of likely N-dealkylation sites (tertiary alicyclic amines) is 1. The summed E-state index contributed by atoms with van der Waals surface area (Å²) in [5.41, 5.74) is 1.37. The fourth-order valence-corrected chi connectivity index (χ4v) is 4.30. The molecule has 174 valence electrons. The van der Waals surface area contributed by atoms with Crippen molar-refractivity contribution >= 4 is 23.2 Å². The Kier molecular flexibility index (Phi) is 5.95. The number of nitrogens with one attached hydrogen (secondary N) is 2. The largest absolute Gasteiger partial charge is 0.486 e. The maximum Gasteiger partial charge on any atom is 0.241 e. The fourth-order valence-electron chi connectivity index (χ4n) is 4.30. The van der Waals surface area contributed by atoms with Crippen LogP contribution in [0.2, 0.25) is 0 Å². The van der Waals surface area contributed by atoms with Crippen molar-refractivity contribution in [1.82, 2.24) is 4.90 Å². The molecule has 3 aliphatic heterocycles. The normalized spacial score (nSPS) is 18.5. The van der Waals surface area contributed by atoms with E-state index in [0.717, 1.165) is 0 Å². The van der Waals surface area contributed by atoms with E-state index in [1.54, 1.807) is 24.3 Å². The van der Waals surface area contributed by atoms with Gasteiger partial charge >= 0.3 is 0 Å². The summed E-state index contributed by atoms with van der Waals surface area (Å²) in [7, 11) is 0. The number of anilines is 2. The predicted octanol–water partition coefficient (Wildman–Crippen LogP) is 2.86. The first kappa shape index (κ1) is 21.4. The van der Waals surface area contributed by atoms with Crippen LogP contribution < -0.4 is 29.6 Å². The van der Waals surface area contributed by atoms with Crippen LogP contribution in [0.5, 0.6) is 23.0 Å². The van der Waals surface area contributed by atoms with Crippen molar-refractivity contribution in [3.8, 4) is 23.0 Å². The highest BCUT2D eigenvalue weighted by atomic mass is 16.7. The summed E-state index contributed by atoms with van der Waals surface area (Å²) in [5, 5.41) is 5.93. The van der Waals surface area contributed by atoms with E-state index in [0.29, 0.717) is 73.5 Å². The predicted molar refractivity (Wildman–Crippen MR) is 121 cm³/mol. The molecule has 0 saturated carbocycles. The summed E-state index contributed by atoms with van der Waals surface area (Å²) in [6, 6.07) is 10.5. The second-order valence-electron chi connectivity index (χ2n) is 8.39. The molecule has 0 bridgehead atoms. The minimum Gasteiger partial charge on any atom is -0.486 e. The molecule has 9 heteroatoms. The van der Waals surface area contributed by atoms with Gasteiger partial charge in [0.2, 0.25) is 18.6 Å². The van der Waals surface area contributed by atoms with Crippen LogP contribution in [-0.4, -0.2) is 55.9 Å². The first-order valence-electron chi connectivity index (χ1n) is 11.2. The van der Waals surface area contributed by atoms with E-state index < -0.39 is 0 Å². The molecule has 5 rings (SSSR count). The van der Waals surface area contributed by atoms with Gasteiger partial charge in [-0.25, -0.2) is 0 Å². The maximum atomic E-state index is 12.8. The van der Waals surface area contributed by atoms with Gasteiger partial charge in [-0.2, -0.15) is 0 Å². The van der Waals surface area contributed by atoms with Crippen molar-refractivity contribution in [1.29, 1.82) is 0 Å². The first-order valence-corrected chi connectivity index (χ1v) is 11.2. The number of nitrogens with zero attached hydrogens (tertiary/aromatic N) is 1. The second-order valence-corrected chi connectivity index (χ2v) is 8.39. The van der Waals surface area contributed by atoms with Gasteiger partial charge in [0.15, 0.2) is 23.0 Å². The standard InChI is InChI=1S/C24H27N3O6/c1-15(23(28)25-17-2-4-19-21(12-17)31-11-10-30-19)27-8-6-16(7-9-27)24(29)26-18-3-5-20-22(13-18)33-14-32-20/h2-5,12-13,15-16H,6-11,14H2,1H3,(H,25,28)(H,26,29)/t15-/m1/s1. The van der Waals surface area contributed by atoms with Crippen molar-refractivity contribution in [2.75, 3.05) is 43.7 Å². The lowest BCUT2D eigenvalue weighted by molar-refractivity contribution is -0.123. The zero-order chi connectivity index (χ0) is 22.8. The molecule has 9 nitrogen and oxygen atoms in total. The molecule has 2 amide bonds. The Balaban J connectivity index is 1.12. The molecule has 2 aromatic carbocycles. The van der Waals surface area contributed by atoms with Gasteiger partial charge in [0.25, 0.3) is 0 Å². The van der Waals surface area contributed by atoms with Crippen LogP contribution in [0.3, 0.4) is 0 Å². The first-order chi connectivity index (χ1) is 16.1. The van der Waals surface area contributed by atoms with E-state index >= 15 is 0 Å². The quantitative estimate of drug-likeness (QED) is 0.718. The highest BCUT2D eigenvalue weighted by Gasteiger charge is 2.30. The topological polar surface area (TPSA) is 98.4 Å². The number of benzene rings is 2. The van der Waals surface area contributed by atoms with E-state index in [4.69, 9.17) is 18.9 Å². The third-order valence-corrected chi connectivity index (χ3v) is 6.28. The highest BCUT2D eigenvalue weighted by molar-refractivity contribution is 5.95. The van der Waals surface area contributed by atoms with Crippen LogP contribution in [0.1, 0.15) is 19.8 Å². The Morgan fingerprint density at radius 2 is 1.42 bits per heavy atom. The van der Waals surface area contributed by atoms with E-state index in [1.165, 1.54) is 0 Å². The van der Waals surface area contributed by atoms with E-state index in [2.05, 4.69) is 15.5 Å². The molecule has 0 radical (unpaired) electrons. The van der Waals surface area contributed by atoms with Gasteiger partial charge in [-0.1, -0.05) is 0 Å². The number of hydrogen-bond donors (Lipinski definition) is 2. The van der Waals surface area contributed by atoms with Crippen LogP contribution >= 0.6 is 0 Å². The van der Waals surface area contributed by atoms with Gasteiger partial charge < -0.3 is 29.6 Å². The number of fused-ring (bicyclic) bond motifs is 2. The number of ether oxygens (including phenoxy) is 4. The number of piperidine rings is 1. The minimum absolute atomic E-state index is 0.0121. The third kappa shape index (κ3) is 4.68. The average molecular weight is 453 g/mol. The summed E-state index contributed by atoms with van der Waals surface area (Å²) < 4.78 is 21.8. The summed E-state index contributed by atoms with van der Waals surface area (Å²) in [6.45, 7) is 4.47. The van der Waals surface area contributed by atoms with Crippen LogP contribution in [0.4, 0.5) is 11.4 Å². The molecule has 2 N–H and O–H groups in total. The lowest BCUT2D eigenvalue weighted by atomic mass is 9.94. The van der Waals surface area contributed by atoms with Gasteiger partial charge in [0.05, 0.1) is 6.04 Å². The molecular formula is C24H27N3O6. The molecule has 1 atom stereocenters. The number of rotatable bonds is 5. The molecule has 3 aliphatic rings. The lowest BCUT2D eigenvalue weighted by Gasteiger charge is -2.34. The smallest absolute Gasteiger partial charge is 0.241 e. The Morgan fingerprint density at radius 3 is 2.15 bits per heavy atom. The number of amides is 2. The highest BCUT2D eigenvalue weighted by Crippen LogP contribution is 2.35. The van der Waals surface area contributed by atoms with Gasteiger partial charge in [-0.3, -0.25) is 14.5 Å². The zero-order valence-electron chi connectivity index (χ0n) is 18.5. The minimum atomic E-state index is -0.309. The monoisotopic (exact) mass is 453 g/mol. The van der Waals surface area contributed by atoms with Crippen molar-refractivity contribution in [2.24, 2.45) is 5.92 Å². The van der Waals surface area contributed by atoms with Gasteiger partial charge in [0, 0.05) is 29.4 Å². The second kappa shape index (κ2) is 9.19. The molecule has 2 aromatic rings. The summed E-state index contributed by atoms with van der Waals surface area (Å²) in [4.78, 5) is 27.6. The molecule has 3 heterocycles. The number of carbonyl (C=O) groups is 2. The van der Waals surface area contributed by atoms with Crippen molar-refractivity contribution in [3.63, 3.8) is 0 Å². The molecular weight excluding hydrogens is 426 g/mol. The van der Waals surface area contributed by atoms with E-state index in [9.17, 15) is 9.59 Å². The van der Waals surface area contributed by atoms with Crippen LogP contribution in [0.15, 0.2) is 36.4 Å². The van der Waals surface area contributed by atoms with Gasteiger partial charge in [0.1, 0.15) is 13.2 Å². The Labute approximate surface area is 191 Å². The van der Waals surface area contributed by atoms with Crippen LogP contribution in [0, 0.1) is 5.92 Å². The van der Waals surface area contributed by atoms with Crippen molar-refractivity contribution in [2.45, 2.75) is 25.8 Å². The molecule has 1 saturated heterocycles. The fraction of sp³-hybridized carbons (Fsp3) is 0.417. The Hall–Kier alpha value is -3.46. The van der Waals surface area contributed by atoms with E-state index in [1.807, 2.05) is 19.1 Å². The average Bonchev–Trinajstić information content (AvgIpc) is 3.31. The summed E-state index contributed by atoms with van der Waals surface area (Å²) in [6.07, 6.45) is 1.38. The molecule has 33 heavy (non-hydrogen) atoms. The number of carbonyl (C=O) groups excluding carboxylic acids is 2. The zero-order valence-corrected chi connectivity index (χ0v) is 18.5. The summed E-state index contributed by atoms with van der Waals surface area (Å²) in [5.74, 6) is 2.45. The van der Waals surface area contributed by atoms with Crippen LogP contribution in [0.25, 0.3) is 0 Å². The van der Waals surface area contributed by atoms with Crippen molar-refractivity contribution in [3.05, 3.63) is 36.4 Å². The molecule has 0 spiro atoms. The summed E-state index contributed by atoms with van der Waals surface area (Å²) >= 11 is 0. The van der Waals surface area contributed by atoms with Gasteiger partial charge in [-0.05, 0) is 57.1 Å². The molecule has 0 aliphatic carbocycles. The molecule has 0 unspecified atom stereocenters. The van der Waals surface area contributed by atoms with E-state index in [-0.39, 0.29) is 30.6 Å². The molecule has 0 aromatic heterocycles. The Morgan fingerprint density at radius 1 is 0.848 bits per heavy atom. The van der Waals surface area contributed by atoms with Gasteiger partial charge in [-0.15, -0.1) is 0 Å².